The molecule has 3 rings (SSSR count). The summed E-state index contributed by atoms with van der Waals surface area (Å²) < 4.78 is 0. The molecule has 1 aliphatic carbocycles. The van der Waals surface area contributed by atoms with Crippen LogP contribution in [0.4, 0.5) is 5.69 Å². The van der Waals surface area contributed by atoms with Crippen LogP contribution in [0.1, 0.15) is 48.8 Å². The standard InChI is InChI=1S/C15H21N5O/c1-8-5-3-4-6-11(8)20-12-10(14(16)21)7-17-15-13(12)18-9(2)19-15/h7-8,11H,3-6H2,1-2H3,(H2,16,21)(H2,17,18,19,20)/t8-,11+/m1/s1. The van der Waals surface area contributed by atoms with Crippen LogP contribution in [-0.2, 0) is 0 Å². The van der Waals surface area contributed by atoms with E-state index in [9.17, 15) is 4.79 Å². The number of aromatic nitrogens is 3. The zero-order valence-corrected chi connectivity index (χ0v) is 12.4. The lowest BCUT2D eigenvalue weighted by molar-refractivity contribution is 0.100. The van der Waals surface area contributed by atoms with Gasteiger partial charge in [0.25, 0.3) is 5.91 Å². The SMILES string of the molecule is Cc1nc2c(N[C@H]3CCCC[C@H]3C)c(C(N)=O)cnc2[nH]1. The Labute approximate surface area is 123 Å². The molecule has 1 saturated carbocycles. The number of hydrogen-bond donors (Lipinski definition) is 3. The first-order chi connectivity index (χ1) is 10.1. The van der Waals surface area contributed by atoms with Crippen LogP contribution in [0.25, 0.3) is 11.2 Å². The van der Waals surface area contributed by atoms with Gasteiger partial charge in [0, 0.05) is 12.2 Å². The number of pyridine rings is 1. The van der Waals surface area contributed by atoms with Crippen molar-refractivity contribution in [1.29, 1.82) is 0 Å². The summed E-state index contributed by atoms with van der Waals surface area (Å²) >= 11 is 0. The molecule has 2 aromatic heterocycles. The number of nitrogens with zero attached hydrogens (tertiary/aromatic N) is 2. The number of fused-ring (bicyclic) bond motifs is 1. The minimum atomic E-state index is -0.476. The Morgan fingerprint density at radius 2 is 2.19 bits per heavy atom. The molecule has 1 aliphatic rings. The van der Waals surface area contributed by atoms with Gasteiger partial charge in [-0.05, 0) is 25.7 Å². The quantitative estimate of drug-likeness (QED) is 0.807. The number of carbonyl (C=O) groups is 1. The first-order valence-corrected chi connectivity index (χ1v) is 7.48. The molecule has 21 heavy (non-hydrogen) atoms. The zero-order chi connectivity index (χ0) is 15.0. The van der Waals surface area contributed by atoms with Crippen molar-refractivity contribution >= 4 is 22.8 Å². The maximum Gasteiger partial charge on any atom is 0.252 e. The van der Waals surface area contributed by atoms with Gasteiger partial charge in [0.1, 0.15) is 11.3 Å². The number of hydrogen-bond acceptors (Lipinski definition) is 4. The molecule has 1 amide bonds. The number of H-pyrrole nitrogens is 1. The molecule has 2 heterocycles. The lowest BCUT2D eigenvalue weighted by Crippen LogP contribution is -2.31. The molecular formula is C15H21N5O. The minimum Gasteiger partial charge on any atom is -0.379 e. The third-order valence-electron chi connectivity index (χ3n) is 4.34. The Morgan fingerprint density at radius 1 is 1.43 bits per heavy atom. The third-order valence-corrected chi connectivity index (χ3v) is 4.34. The number of aromatic amines is 1. The van der Waals surface area contributed by atoms with Gasteiger partial charge in [-0.3, -0.25) is 4.79 Å². The van der Waals surface area contributed by atoms with Crippen molar-refractivity contribution in [3.05, 3.63) is 17.6 Å². The second kappa shape index (κ2) is 5.35. The summed E-state index contributed by atoms with van der Waals surface area (Å²) in [4.78, 5) is 23.5. The highest BCUT2D eigenvalue weighted by atomic mass is 16.1. The van der Waals surface area contributed by atoms with Crippen LogP contribution >= 0.6 is 0 Å². The van der Waals surface area contributed by atoms with Crippen molar-refractivity contribution < 1.29 is 4.79 Å². The van der Waals surface area contributed by atoms with E-state index in [-0.39, 0.29) is 0 Å². The van der Waals surface area contributed by atoms with E-state index in [0.29, 0.717) is 28.7 Å². The van der Waals surface area contributed by atoms with E-state index >= 15 is 0 Å². The molecule has 6 heteroatoms. The van der Waals surface area contributed by atoms with Gasteiger partial charge in [-0.15, -0.1) is 0 Å². The summed E-state index contributed by atoms with van der Waals surface area (Å²) in [7, 11) is 0. The third kappa shape index (κ3) is 2.57. The lowest BCUT2D eigenvalue weighted by atomic mass is 9.85. The van der Waals surface area contributed by atoms with Gasteiger partial charge < -0.3 is 16.0 Å². The Kier molecular flexibility index (Phi) is 3.53. The van der Waals surface area contributed by atoms with Crippen molar-refractivity contribution in [3.63, 3.8) is 0 Å². The van der Waals surface area contributed by atoms with Crippen molar-refractivity contribution in [2.45, 2.75) is 45.6 Å². The molecule has 2 atom stereocenters. The molecule has 0 saturated heterocycles. The Hall–Kier alpha value is -2.11. The maximum atomic E-state index is 11.7. The summed E-state index contributed by atoms with van der Waals surface area (Å²) in [6.45, 7) is 4.12. The van der Waals surface area contributed by atoms with Crippen LogP contribution < -0.4 is 11.1 Å². The number of amides is 1. The predicted octanol–water partition coefficient (Wildman–Crippen LogP) is 2.36. The fourth-order valence-electron chi connectivity index (χ4n) is 3.12. The van der Waals surface area contributed by atoms with Crippen molar-refractivity contribution in [3.8, 4) is 0 Å². The summed E-state index contributed by atoms with van der Waals surface area (Å²) in [5.74, 6) is 0.873. The fraction of sp³-hybridized carbons (Fsp3) is 0.533. The number of aryl methyl sites for hydroxylation is 1. The highest BCUT2D eigenvalue weighted by molar-refractivity contribution is 6.04. The van der Waals surface area contributed by atoms with E-state index < -0.39 is 5.91 Å². The summed E-state index contributed by atoms with van der Waals surface area (Å²) in [6, 6.07) is 0.347. The largest absolute Gasteiger partial charge is 0.379 e. The van der Waals surface area contributed by atoms with Crippen molar-refractivity contribution in [2.75, 3.05) is 5.32 Å². The fourth-order valence-corrected chi connectivity index (χ4v) is 3.12. The van der Waals surface area contributed by atoms with E-state index in [4.69, 9.17) is 5.73 Å². The summed E-state index contributed by atoms with van der Waals surface area (Å²) in [5.41, 5.74) is 8.00. The molecule has 0 bridgehead atoms. The number of nitrogens with two attached hydrogens (primary N) is 1. The average molecular weight is 287 g/mol. The second-order valence-corrected chi connectivity index (χ2v) is 5.94. The van der Waals surface area contributed by atoms with Crippen LogP contribution in [0, 0.1) is 12.8 Å². The van der Waals surface area contributed by atoms with Gasteiger partial charge in [0.2, 0.25) is 0 Å². The number of anilines is 1. The van der Waals surface area contributed by atoms with Gasteiger partial charge in [0.15, 0.2) is 5.65 Å². The van der Waals surface area contributed by atoms with E-state index in [1.165, 1.54) is 25.5 Å². The van der Waals surface area contributed by atoms with Crippen molar-refractivity contribution in [2.24, 2.45) is 11.7 Å². The van der Waals surface area contributed by atoms with Crippen LogP contribution in [-0.4, -0.2) is 26.9 Å². The normalized spacial score (nSPS) is 22.4. The minimum absolute atomic E-state index is 0.347. The highest BCUT2D eigenvalue weighted by Crippen LogP contribution is 2.31. The molecule has 0 aliphatic heterocycles. The molecule has 0 aromatic carbocycles. The van der Waals surface area contributed by atoms with E-state index in [0.717, 1.165) is 17.9 Å². The van der Waals surface area contributed by atoms with E-state index in [1.807, 2.05) is 6.92 Å². The predicted molar refractivity (Wildman–Crippen MR) is 82.2 cm³/mol. The van der Waals surface area contributed by atoms with Crippen LogP contribution in [0.2, 0.25) is 0 Å². The monoisotopic (exact) mass is 287 g/mol. The van der Waals surface area contributed by atoms with Gasteiger partial charge in [0.05, 0.1) is 11.3 Å². The first-order valence-electron chi connectivity index (χ1n) is 7.48. The zero-order valence-electron chi connectivity index (χ0n) is 12.4. The molecule has 0 radical (unpaired) electrons. The van der Waals surface area contributed by atoms with Crippen LogP contribution in [0.5, 0.6) is 0 Å². The molecule has 1 fully saturated rings. The molecule has 0 unspecified atom stereocenters. The molecular weight excluding hydrogens is 266 g/mol. The smallest absolute Gasteiger partial charge is 0.252 e. The number of rotatable bonds is 3. The van der Waals surface area contributed by atoms with Gasteiger partial charge in [-0.1, -0.05) is 19.8 Å². The number of imidazole rings is 1. The Bertz CT molecular complexity index is 678. The van der Waals surface area contributed by atoms with Crippen LogP contribution in [0.3, 0.4) is 0 Å². The van der Waals surface area contributed by atoms with Crippen LogP contribution in [0.15, 0.2) is 6.20 Å². The molecule has 0 spiro atoms. The molecule has 2 aromatic rings. The summed E-state index contributed by atoms with van der Waals surface area (Å²) in [6.07, 6.45) is 6.32. The molecule has 4 N–H and O–H groups in total. The number of carbonyl (C=O) groups excluding carboxylic acids is 1. The molecule has 112 valence electrons. The Morgan fingerprint density at radius 3 is 2.90 bits per heavy atom. The summed E-state index contributed by atoms with van der Waals surface area (Å²) in [5, 5.41) is 3.51. The Balaban J connectivity index is 2.05. The second-order valence-electron chi connectivity index (χ2n) is 5.94. The molecule has 6 nitrogen and oxygen atoms in total. The van der Waals surface area contributed by atoms with Gasteiger partial charge in [-0.2, -0.15) is 0 Å². The highest BCUT2D eigenvalue weighted by Gasteiger charge is 2.24. The van der Waals surface area contributed by atoms with Gasteiger partial charge in [-0.25, -0.2) is 9.97 Å². The number of primary amides is 1. The van der Waals surface area contributed by atoms with Gasteiger partial charge >= 0.3 is 0 Å². The van der Waals surface area contributed by atoms with Crippen molar-refractivity contribution in [1.82, 2.24) is 15.0 Å². The number of nitrogens with one attached hydrogen (secondary N) is 2. The van der Waals surface area contributed by atoms with E-state index in [1.54, 1.807) is 0 Å². The first kappa shape index (κ1) is 13.9. The maximum absolute atomic E-state index is 11.7. The van der Waals surface area contributed by atoms with E-state index in [2.05, 4.69) is 27.2 Å². The topological polar surface area (TPSA) is 96.7 Å². The average Bonchev–Trinajstić information content (AvgIpc) is 2.82. The lowest BCUT2D eigenvalue weighted by Gasteiger charge is -2.30.